The van der Waals surface area contributed by atoms with Crippen LogP contribution >= 0.6 is 59.4 Å². The zero-order valence-electron chi connectivity index (χ0n) is 88.9. The Labute approximate surface area is 810 Å². The van der Waals surface area contributed by atoms with Crippen LogP contribution in [-0.2, 0) is 122 Å². The molecule has 32 nitrogen and oxygen atoms in total. The summed E-state index contributed by atoms with van der Waals surface area (Å²) in [5.41, 5.74) is -1.66. The van der Waals surface area contributed by atoms with E-state index in [4.69, 9.17) is 74.7 Å². The number of carbonyl (C=O) groups is 2. The fourth-order valence-electron chi connectivity index (χ4n) is 13.0. The third-order valence-electron chi connectivity index (χ3n) is 19.5. The molecule has 40 heteroatoms. The van der Waals surface area contributed by atoms with Gasteiger partial charge in [0.05, 0.1) is 83.5 Å². The Hall–Kier alpha value is -1.12. The van der Waals surface area contributed by atoms with Crippen LogP contribution in [0.15, 0.2) is 30.3 Å². The molecule has 0 spiro atoms. The van der Waals surface area contributed by atoms with Crippen LogP contribution in [-0.4, -0.2) is 208 Å². The van der Waals surface area contributed by atoms with Crippen LogP contribution in [0, 0.1) is 29.6 Å². The van der Waals surface area contributed by atoms with Crippen molar-refractivity contribution in [1.82, 2.24) is 0 Å². The Morgan fingerprint density at radius 1 is 0.328 bits per heavy atom. The fourth-order valence-corrected chi connectivity index (χ4v) is 28.0. The van der Waals surface area contributed by atoms with Gasteiger partial charge in [0.2, 0.25) is 56.3 Å². The van der Waals surface area contributed by atoms with Crippen molar-refractivity contribution in [3.05, 3.63) is 35.9 Å². The molecule has 0 bridgehead atoms. The molecule has 0 heterocycles. The smallest absolute Gasteiger partial charge is 0.432 e. The van der Waals surface area contributed by atoms with Gasteiger partial charge in [-0.1, -0.05) is 88.1 Å². The standard InChI is InChI=1S/C14H29O3P.C13H27O3P.C12H25O7P.C12H25O3P.C11H23O7P.C11H23O3P.C11H17O3P.C10H21O3P/c1-5-17-18(15,12-16-14(2,3)4)11-13-9-7-6-8-10-13;1-5-16-17(14,11-15-13(2,3)4)10-12-8-6-7-9-12;1-9(2)17-10(13)18-12(6,7)19-20(14,15)8-16-11(3,4)5;1-5-15-16(13,9-11-7-6-8-11)10-14-12(2,3)4;1-8(2)16-10(12)17-9(3)18-19(13,14)7-15-11(4,5)6;1-11(2,3)14-9-15(12,13)8-10-6-4-5-7-10;1-10(2)14-9-15(12,13)8-11-6-4-3-5-7-11;1-10(2,3)13-8-14(11,12)7-9-5-4-6-9/h13H,5-12H2,1-4H3;12H,5-11H2,1-4H3;9H,8H2,1-7H3,(H,14,15);11H,5-10H2,1-4H3;8-9H,7H2,1-6H3,(H,13,14);10H,4-9H2,1-3H3,(H,12,13);3-7,10H,8-9H2,1-2H3,(H,12,13);9H,4-8H2,1-3H3,(H,11,12). The van der Waals surface area contributed by atoms with Crippen molar-refractivity contribution in [2.45, 2.75) is 426 Å². The summed E-state index contributed by atoms with van der Waals surface area (Å²) in [6.45, 7) is 61.3. The molecule has 798 valence electrons. The molecule has 1 aromatic rings. The van der Waals surface area contributed by atoms with Gasteiger partial charge in [-0.15, -0.1) is 0 Å². The van der Waals surface area contributed by atoms with Crippen LogP contribution < -0.4 is 0 Å². The Bertz CT molecular complexity index is 3730. The number of benzene rings is 1. The van der Waals surface area contributed by atoms with Crippen molar-refractivity contribution in [3.8, 4) is 0 Å². The van der Waals surface area contributed by atoms with Gasteiger partial charge in [0, 0.05) is 44.7 Å². The van der Waals surface area contributed by atoms with E-state index in [9.17, 15) is 70.6 Å². The second kappa shape index (κ2) is 63.3. The summed E-state index contributed by atoms with van der Waals surface area (Å²) in [4.78, 5) is 70.7. The summed E-state index contributed by atoms with van der Waals surface area (Å²) in [7, 11) is -25.1. The normalized spacial score (nSPS) is 19.6. The molecule has 5 aliphatic rings. The molecule has 5 aliphatic carbocycles. The Kier molecular flexibility index (Phi) is 63.8. The van der Waals surface area contributed by atoms with Gasteiger partial charge in [0.1, 0.15) is 50.8 Å². The quantitative estimate of drug-likeness (QED) is 0.0230. The first-order valence-corrected chi connectivity index (χ1v) is 63.9. The van der Waals surface area contributed by atoms with Crippen LogP contribution in [0.25, 0.3) is 0 Å². The highest BCUT2D eigenvalue weighted by Gasteiger charge is 2.40. The minimum Gasteiger partial charge on any atom is -0.432 e. The molecule has 0 aliphatic heterocycles. The lowest BCUT2D eigenvalue weighted by Gasteiger charge is -2.31. The van der Waals surface area contributed by atoms with Crippen LogP contribution in [0.4, 0.5) is 9.59 Å². The first kappa shape index (κ1) is 135. The molecule has 0 aromatic heterocycles. The van der Waals surface area contributed by atoms with Crippen LogP contribution in [0.1, 0.15) is 356 Å². The Morgan fingerprint density at radius 3 is 0.888 bits per heavy atom. The number of rotatable bonds is 43. The van der Waals surface area contributed by atoms with Gasteiger partial charge in [-0.2, -0.15) is 0 Å². The molecule has 0 amide bonds. The molecule has 134 heavy (non-hydrogen) atoms. The van der Waals surface area contributed by atoms with Crippen molar-refractivity contribution in [3.63, 3.8) is 0 Å². The number of hydrogen-bond donors (Lipinski definition) is 5. The predicted octanol–water partition coefficient (Wildman–Crippen LogP) is 27.8. The summed E-state index contributed by atoms with van der Waals surface area (Å²) >= 11 is 0. The molecule has 0 saturated heterocycles. The number of hydrogen-bond acceptors (Lipinski definition) is 27. The molecule has 6 rings (SSSR count). The highest BCUT2D eigenvalue weighted by atomic mass is 31.2. The highest BCUT2D eigenvalue weighted by molar-refractivity contribution is 7.60. The van der Waals surface area contributed by atoms with Gasteiger partial charge in [-0.05, 0) is 314 Å². The lowest BCUT2D eigenvalue weighted by Crippen LogP contribution is -2.32. The van der Waals surface area contributed by atoms with E-state index in [0.29, 0.717) is 80.2 Å². The van der Waals surface area contributed by atoms with E-state index in [1.165, 1.54) is 117 Å². The monoisotopic (exact) mass is 2080 g/mol. The Morgan fingerprint density at radius 2 is 0.604 bits per heavy atom. The fraction of sp³-hybridized carbons (Fsp3) is 0.915. The molecule has 5 fully saturated rings. The van der Waals surface area contributed by atoms with Crippen molar-refractivity contribution < 1.29 is 150 Å². The molecule has 0 radical (unpaired) electrons. The molecule has 5 saturated carbocycles. The van der Waals surface area contributed by atoms with Crippen molar-refractivity contribution in [2.24, 2.45) is 29.6 Å². The van der Waals surface area contributed by atoms with E-state index in [1.54, 1.807) is 69.2 Å². The zero-order chi connectivity index (χ0) is 104. The first-order valence-electron chi connectivity index (χ1n) is 48.3. The van der Waals surface area contributed by atoms with Gasteiger partial charge in [-0.3, -0.25) is 45.6 Å². The average molecular weight is 2080 g/mol. The van der Waals surface area contributed by atoms with E-state index in [1.807, 2.05) is 169 Å². The lowest BCUT2D eigenvalue weighted by atomic mass is 9.87. The second-order valence-corrected chi connectivity index (χ2v) is 61.6. The summed E-state index contributed by atoms with van der Waals surface area (Å²) in [5, 5.41) is 0. The van der Waals surface area contributed by atoms with Gasteiger partial charge >= 0.3 is 27.5 Å². The van der Waals surface area contributed by atoms with Gasteiger partial charge < -0.3 is 94.9 Å². The summed E-state index contributed by atoms with van der Waals surface area (Å²) in [6.07, 6.45) is 22.1. The zero-order valence-corrected chi connectivity index (χ0v) is 96.0. The van der Waals surface area contributed by atoms with E-state index in [0.717, 1.165) is 31.2 Å². The van der Waals surface area contributed by atoms with E-state index < -0.39 is 108 Å². The second-order valence-electron chi connectivity index (χ2n) is 43.7. The first-order chi connectivity index (χ1) is 60.7. The lowest BCUT2D eigenvalue weighted by molar-refractivity contribution is -0.141. The minimum absolute atomic E-state index is 0.00694. The number of ether oxygens (including phenoxy) is 12. The summed E-state index contributed by atoms with van der Waals surface area (Å²) < 4.78 is 185. The Balaban J connectivity index is 0. The van der Waals surface area contributed by atoms with Gasteiger partial charge in [0.25, 0.3) is 0 Å². The average Bonchev–Trinajstić information content (AvgIpc) is 1.04. The van der Waals surface area contributed by atoms with E-state index >= 15 is 0 Å². The maximum absolute atomic E-state index is 12.8. The maximum atomic E-state index is 12.8. The third-order valence-corrected chi connectivity index (χ3v) is 33.4. The molecule has 9 atom stereocenters. The van der Waals surface area contributed by atoms with Gasteiger partial charge in [0.15, 0.2) is 0 Å². The minimum atomic E-state index is -4.06. The van der Waals surface area contributed by atoms with Crippen LogP contribution in [0.2, 0.25) is 0 Å². The van der Waals surface area contributed by atoms with Crippen molar-refractivity contribution >= 4 is 71.7 Å². The van der Waals surface area contributed by atoms with Gasteiger partial charge in [-0.25, -0.2) is 9.59 Å². The van der Waals surface area contributed by atoms with E-state index in [2.05, 4.69) is 4.74 Å². The number of carbonyl (C=O) groups excluding carboxylic acids is 2. The maximum Gasteiger partial charge on any atom is 0.511 e. The largest absolute Gasteiger partial charge is 0.511 e. The summed E-state index contributed by atoms with van der Waals surface area (Å²) in [5.74, 6) is 1.06. The van der Waals surface area contributed by atoms with E-state index in [-0.39, 0.29) is 90.6 Å². The van der Waals surface area contributed by atoms with Crippen molar-refractivity contribution in [1.29, 1.82) is 0 Å². The molecule has 5 N–H and O–H groups in total. The molecular weight excluding hydrogens is 1890 g/mol. The molecular formula is C94H190O32P8. The SMILES string of the molecule is CC(C)(C)OCP(=O)(O)CC1CCC1.CC(C)(C)OCP(=O)(O)CC1CCCC1.CC(C)OC(=O)OC(C)(C)OP(=O)(O)COC(C)(C)C.CC(C)OC(=O)OC(C)OP(=O)(O)COC(C)(C)C.CC(C)OCP(=O)(O)Cc1ccccc1.CCOP(=O)(COC(C)(C)C)CC1CCC1.CCOP(=O)(COC(C)(C)C)CC1CCCC1.CCOP(=O)(COC(C)(C)C)CC1CCCCC1. The van der Waals surface area contributed by atoms with Crippen LogP contribution in [0.3, 0.4) is 0 Å². The third kappa shape index (κ3) is 80.2. The topological polar surface area (TPSA) is 429 Å². The predicted molar refractivity (Wildman–Crippen MR) is 539 cm³/mol. The van der Waals surface area contributed by atoms with Crippen molar-refractivity contribution in [2.75, 3.05) is 101 Å². The van der Waals surface area contributed by atoms with Crippen LogP contribution in [0.5, 0.6) is 0 Å². The highest BCUT2D eigenvalue weighted by Crippen LogP contribution is 2.56. The molecule has 1 aromatic carbocycles. The summed E-state index contributed by atoms with van der Waals surface area (Å²) in [6, 6.07) is 9.30. The molecule has 9 unspecified atom stereocenters.